The molecular weight excluding hydrogens is 368 g/mol. The lowest BCUT2D eigenvalue weighted by Gasteiger charge is -2.16. The summed E-state index contributed by atoms with van der Waals surface area (Å²) in [6.07, 6.45) is 6.30. The van der Waals surface area contributed by atoms with E-state index in [9.17, 15) is 14.8 Å². The quantitative estimate of drug-likeness (QED) is 0.280. The molecule has 0 aromatic heterocycles. The molecule has 1 amide bonds. The third kappa shape index (κ3) is 13.2. The molecule has 0 heterocycles. The molecular formula is C20H33ClN2O4. The molecule has 0 aliphatic carbocycles. The van der Waals surface area contributed by atoms with Crippen LogP contribution in [0.5, 0.6) is 0 Å². The van der Waals surface area contributed by atoms with Crippen LogP contribution in [-0.2, 0) is 16.1 Å². The molecule has 1 aromatic rings. The van der Waals surface area contributed by atoms with E-state index in [1.54, 1.807) is 0 Å². The number of hydrogen-bond acceptors (Lipinski definition) is 4. The van der Waals surface area contributed by atoms with Crippen molar-refractivity contribution in [2.24, 2.45) is 0 Å². The van der Waals surface area contributed by atoms with Crippen LogP contribution in [-0.4, -0.2) is 52.3 Å². The van der Waals surface area contributed by atoms with Crippen molar-refractivity contribution in [1.29, 1.82) is 0 Å². The van der Waals surface area contributed by atoms with Crippen molar-refractivity contribution in [1.82, 2.24) is 9.96 Å². The Morgan fingerprint density at radius 3 is 2.11 bits per heavy atom. The number of amides is 1. The fourth-order valence-corrected chi connectivity index (χ4v) is 2.79. The average molecular weight is 401 g/mol. The molecule has 0 saturated heterocycles. The summed E-state index contributed by atoms with van der Waals surface area (Å²) < 4.78 is 0. The number of unbranched alkanes of at least 4 members (excludes halogenated alkanes) is 5. The van der Waals surface area contributed by atoms with E-state index in [0.29, 0.717) is 5.06 Å². The summed E-state index contributed by atoms with van der Waals surface area (Å²) in [5.41, 5.74) is 1.33. The number of halogens is 1. The Balaban J connectivity index is 0.00000676. The fraction of sp³-hybridized carbons (Fsp3) is 0.600. The number of hydroxylamine groups is 2. The van der Waals surface area contributed by atoms with Crippen molar-refractivity contribution >= 4 is 24.3 Å². The topological polar surface area (TPSA) is 81.1 Å². The molecule has 0 fully saturated rings. The molecule has 6 nitrogen and oxygen atoms in total. The second-order valence-electron chi connectivity index (χ2n) is 6.76. The Morgan fingerprint density at radius 1 is 0.889 bits per heavy atom. The Labute approximate surface area is 168 Å². The minimum atomic E-state index is -1.02. The lowest BCUT2D eigenvalue weighted by molar-refractivity contribution is -0.167. The maximum atomic E-state index is 11.6. The Bertz CT molecular complexity index is 528. The van der Waals surface area contributed by atoms with Gasteiger partial charge in [0.25, 0.3) is 0 Å². The van der Waals surface area contributed by atoms with Gasteiger partial charge in [-0.15, -0.1) is 12.4 Å². The first-order valence-electron chi connectivity index (χ1n) is 9.42. The molecule has 0 spiro atoms. The summed E-state index contributed by atoms with van der Waals surface area (Å²) in [6, 6.07) is 10.5. The predicted octanol–water partition coefficient (Wildman–Crippen LogP) is 3.96. The zero-order valence-corrected chi connectivity index (χ0v) is 17.0. The summed E-state index contributed by atoms with van der Waals surface area (Å²) in [7, 11) is 2.14. The van der Waals surface area contributed by atoms with Crippen molar-refractivity contribution in [2.45, 2.75) is 57.9 Å². The zero-order valence-electron chi connectivity index (χ0n) is 16.2. The zero-order chi connectivity index (χ0) is 19.2. The van der Waals surface area contributed by atoms with Gasteiger partial charge >= 0.3 is 5.97 Å². The van der Waals surface area contributed by atoms with E-state index in [2.05, 4.69) is 36.2 Å². The van der Waals surface area contributed by atoms with Crippen molar-refractivity contribution in [3.63, 3.8) is 0 Å². The third-order valence-electron chi connectivity index (χ3n) is 4.30. The first-order chi connectivity index (χ1) is 12.5. The van der Waals surface area contributed by atoms with Gasteiger partial charge < -0.3 is 10.0 Å². The van der Waals surface area contributed by atoms with Gasteiger partial charge in [0, 0.05) is 13.0 Å². The number of carboxylic acids is 1. The van der Waals surface area contributed by atoms with Crippen LogP contribution in [0.2, 0.25) is 0 Å². The van der Waals surface area contributed by atoms with Crippen LogP contribution in [0.25, 0.3) is 0 Å². The molecule has 7 heteroatoms. The molecule has 0 radical (unpaired) electrons. The van der Waals surface area contributed by atoms with E-state index in [4.69, 9.17) is 5.11 Å². The Hall–Kier alpha value is -1.63. The molecule has 0 unspecified atom stereocenters. The molecule has 0 aliphatic heterocycles. The average Bonchev–Trinajstić information content (AvgIpc) is 2.62. The van der Waals surface area contributed by atoms with Gasteiger partial charge in [-0.2, -0.15) is 0 Å². The third-order valence-corrected chi connectivity index (χ3v) is 4.30. The fourth-order valence-electron chi connectivity index (χ4n) is 2.79. The summed E-state index contributed by atoms with van der Waals surface area (Å²) in [5, 5.41) is 18.5. The predicted molar refractivity (Wildman–Crippen MR) is 108 cm³/mol. The van der Waals surface area contributed by atoms with E-state index in [1.807, 2.05) is 6.07 Å². The second kappa shape index (κ2) is 15.4. The highest BCUT2D eigenvalue weighted by atomic mass is 35.5. The highest BCUT2D eigenvalue weighted by Crippen LogP contribution is 2.10. The van der Waals surface area contributed by atoms with E-state index in [-0.39, 0.29) is 31.8 Å². The van der Waals surface area contributed by atoms with Crippen LogP contribution >= 0.6 is 12.4 Å². The van der Waals surface area contributed by atoms with E-state index in [0.717, 1.165) is 38.8 Å². The van der Waals surface area contributed by atoms with Crippen LogP contribution in [0.15, 0.2) is 30.3 Å². The van der Waals surface area contributed by atoms with Crippen LogP contribution in [0, 0.1) is 0 Å². The maximum Gasteiger partial charge on any atom is 0.305 e. The van der Waals surface area contributed by atoms with Gasteiger partial charge in [-0.3, -0.25) is 14.8 Å². The van der Waals surface area contributed by atoms with Gasteiger partial charge in [-0.1, -0.05) is 56.0 Å². The van der Waals surface area contributed by atoms with Crippen molar-refractivity contribution in [2.75, 3.05) is 20.1 Å². The van der Waals surface area contributed by atoms with E-state index in [1.165, 1.54) is 18.4 Å². The molecule has 0 bridgehead atoms. The van der Waals surface area contributed by atoms with Gasteiger partial charge in [0.15, 0.2) is 0 Å². The molecule has 1 rings (SSSR count). The van der Waals surface area contributed by atoms with Gasteiger partial charge in [0.2, 0.25) is 5.91 Å². The number of rotatable bonds is 14. The first-order valence-corrected chi connectivity index (χ1v) is 9.42. The van der Waals surface area contributed by atoms with Gasteiger partial charge in [0.1, 0.15) is 0 Å². The molecule has 0 atom stereocenters. The molecule has 154 valence electrons. The Morgan fingerprint density at radius 2 is 1.48 bits per heavy atom. The number of benzene rings is 1. The normalized spacial score (nSPS) is 10.5. The lowest BCUT2D eigenvalue weighted by atomic mass is 10.1. The summed E-state index contributed by atoms with van der Waals surface area (Å²) in [6.45, 7) is 1.91. The van der Waals surface area contributed by atoms with Crippen LogP contribution < -0.4 is 0 Å². The molecule has 27 heavy (non-hydrogen) atoms. The first kappa shape index (κ1) is 25.4. The summed E-state index contributed by atoms with van der Waals surface area (Å²) >= 11 is 0. The van der Waals surface area contributed by atoms with E-state index >= 15 is 0 Å². The molecule has 0 aliphatic rings. The van der Waals surface area contributed by atoms with Gasteiger partial charge in [-0.05, 0) is 32.0 Å². The molecule has 1 aromatic carbocycles. The molecule has 2 N–H and O–H groups in total. The van der Waals surface area contributed by atoms with Crippen LogP contribution in [0.1, 0.15) is 56.9 Å². The highest BCUT2D eigenvalue weighted by molar-refractivity contribution is 5.85. The number of hydrogen-bond donors (Lipinski definition) is 2. The second-order valence-corrected chi connectivity index (χ2v) is 6.76. The standard InChI is InChI=1S/C20H32N2O4.ClH/c1-21(17-18-11-7-6-8-12-18)15-10-5-3-2-4-9-13-19(23)22(26)16-14-20(24)25;/h6-8,11-12,26H,2-5,9-10,13-17H2,1H3,(H,24,25);1H. The molecule has 0 saturated carbocycles. The smallest absolute Gasteiger partial charge is 0.305 e. The number of carboxylic acid groups (broad SMARTS) is 1. The van der Waals surface area contributed by atoms with Crippen molar-refractivity contribution < 1.29 is 19.9 Å². The largest absolute Gasteiger partial charge is 0.481 e. The van der Waals surface area contributed by atoms with Gasteiger partial charge in [0.05, 0.1) is 13.0 Å². The van der Waals surface area contributed by atoms with Crippen LogP contribution in [0.4, 0.5) is 0 Å². The summed E-state index contributed by atoms with van der Waals surface area (Å²) in [5.74, 6) is -1.42. The van der Waals surface area contributed by atoms with E-state index < -0.39 is 11.9 Å². The summed E-state index contributed by atoms with van der Waals surface area (Å²) in [4.78, 5) is 24.3. The maximum absolute atomic E-state index is 11.6. The number of carbonyl (C=O) groups is 2. The number of nitrogens with zero attached hydrogens (tertiary/aromatic N) is 2. The van der Waals surface area contributed by atoms with Crippen LogP contribution in [0.3, 0.4) is 0 Å². The van der Waals surface area contributed by atoms with Crippen molar-refractivity contribution in [3.05, 3.63) is 35.9 Å². The number of aliphatic carboxylic acids is 1. The number of carbonyl (C=O) groups excluding carboxylic acids is 1. The monoisotopic (exact) mass is 400 g/mol. The SMILES string of the molecule is CN(CCCCCCCCC(=O)N(O)CCC(=O)O)Cc1ccccc1.Cl. The Kier molecular flexibility index (Phi) is 14.5. The lowest BCUT2D eigenvalue weighted by Crippen LogP contribution is -2.29. The van der Waals surface area contributed by atoms with Crippen molar-refractivity contribution in [3.8, 4) is 0 Å². The van der Waals surface area contributed by atoms with Gasteiger partial charge in [-0.25, -0.2) is 5.06 Å². The minimum Gasteiger partial charge on any atom is -0.481 e. The minimum absolute atomic E-state index is 0. The highest BCUT2D eigenvalue weighted by Gasteiger charge is 2.11.